The number of halogens is 1. The second-order valence-electron chi connectivity index (χ2n) is 5.43. The maximum atomic E-state index is 12.6. The van der Waals surface area contributed by atoms with E-state index in [1.54, 1.807) is 24.4 Å². The van der Waals surface area contributed by atoms with E-state index in [1.807, 2.05) is 0 Å². The molecule has 2 N–H and O–H groups in total. The van der Waals surface area contributed by atoms with Crippen LogP contribution in [0.5, 0.6) is 0 Å². The number of piperazine rings is 1. The molecule has 2 aromatic rings. The van der Waals surface area contributed by atoms with Gasteiger partial charge in [-0.25, -0.2) is 13.1 Å². The number of nitrogens with one attached hydrogen (secondary N) is 2. The van der Waals surface area contributed by atoms with E-state index in [0.717, 1.165) is 26.2 Å². The van der Waals surface area contributed by atoms with E-state index in [1.165, 1.54) is 6.07 Å². The summed E-state index contributed by atoms with van der Waals surface area (Å²) in [6.45, 7) is 4.85. The van der Waals surface area contributed by atoms with Crippen LogP contribution < -0.4 is 10.0 Å². The van der Waals surface area contributed by atoms with Crippen molar-refractivity contribution in [3.05, 3.63) is 35.5 Å². The summed E-state index contributed by atoms with van der Waals surface area (Å²) in [5, 5.41) is 4.25. The Balaban J connectivity index is 1.76. The Kier molecular flexibility index (Phi) is 5.13. The molecule has 124 valence electrons. The zero-order valence-electron chi connectivity index (χ0n) is 12.6. The highest BCUT2D eigenvalue weighted by molar-refractivity contribution is 7.89. The van der Waals surface area contributed by atoms with Gasteiger partial charge in [-0.1, -0.05) is 11.6 Å². The number of benzene rings is 1. The summed E-state index contributed by atoms with van der Waals surface area (Å²) in [7, 11) is -3.60. The van der Waals surface area contributed by atoms with Crippen molar-refractivity contribution < 1.29 is 8.42 Å². The number of fused-ring (bicyclic) bond motifs is 1. The monoisotopic (exact) mass is 354 g/mol. The number of sulfonamides is 1. The Morgan fingerprint density at radius 3 is 2.83 bits per heavy atom. The third-order valence-corrected chi connectivity index (χ3v) is 5.72. The van der Waals surface area contributed by atoms with Gasteiger partial charge in [-0.05, 0) is 24.3 Å². The van der Waals surface area contributed by atoms with E-state index >= 15 is 0 Å². The maximum absolute atomic E-state index is 12.6. The highest BCUT2D eigenvalue weighted by Gasteiger charge is 2.19. The lowest BCUT2D eigenvalue weighted by molar-refractivity contribution is 0.245. The van der Waals surface area contributed by atoms with Crippen molar-refractivity contribution in [2.24, 2.45) is 0 Å². The average Bonchev–Trinajstić information content (AvgIpc) is 2.56. The predicted octanol–water partition coefficient (Wildman–Crippen LogP) is 1.07. The molecule has 0 saturated carbocycles. The summed E-state index contributed by atoms with van der Waals surface area (Å²) >= 11 is 6.09. The van der Waals surface area contributed by atoms with E-state index in [2.05, 4.69) is 19.9 Å². The van der Waals surface area contributed by atoms with Gasteiger partial charge >= 0.3 is 0 Å². The molecule has 1 aliphatic heterocycles. The first-order chi connectivity index (χ1) is 11.1. The van der Waals surface area contributed by atoms with Crippen molar-refractivity contribution >= 4 is 32.5 Å². The summed E-state index contributed by atoms with van der Waals surface area (Å²) < 4.78 is 27.8. The lowest BCUT2D eigenvalue weighted by Crippen LogP contribution is -2.46. The molecule has 0 atom stereocenters. The molecule has 3 rings (SSSR count). The third-order valence-electron chi connectivity index (χ3n) is 3.90. The summed E-state index contributed by atoms with van der Waals surface area (Å²) in [4.78, 5) is 6.62. The Morgan fingerprint density at radius 2 is 2.04 bits per heavy atom. The van der Waals surface area contributed by atoms with Crippen molar-refractivity contribution in [1.82, 2.24) is 19.9 Å². The lowest BCUT2D eigenvalue weighted by atomic mass is 10.2. The average molecular weight is 355 g/mol. The number of pyridine rings is 1. The zero-order valence-corrected chi connectivity index (χ0v) is 14.2. The minimum absolute atomic E-state index is 0.213. The first-order valence-corrected chi connectivity index (χ1v) is 9.40. The second kappa shape index (κ2) is 7.11. The van der Waals surface area contributed by atoms with E-state index in [0.29, 0.717) is 29.0 Å². The van der Waals surface area contributed by atoms with Crippen LogP contribution in [0.2, 0.25) is 5.02 Å². The highest BCUT2D eigenvalue weighted by atomic mass is 35.5. The first-order valence-electron chi connectivity index (χ1n) is 7.54. The second-order valence-corrected chi connectivity index (χ2v) is 7.58. The van der Waals surface area contributed by atoms with Gasteiger partial charge in [0.1, 0.15) is 0 Å². The summed E-state index contributed by atoms with van der Waals surface area (Å²) in [5.41, 5.74) is 0.499. The normalized spacial score (nSPS) is 16.7. The van der Waals surface area contributed by atoms with Crippen molar-refractivity contribution in [3.63, 3.8) is 0 Å². The van der Waals surface area contributed by atoms with Crippen molar-refractivity contribution in [3.8, 4) is 0 Å². The Hall–Kier alpha value is -1.25. The standard InChI is InChI=1S/C15H19ClN4O2S/c16-13-3-4-14(12-2-1-5-18-15(12)13)23(21,22)19-8-11-20-9-6-17-7-10-20/h1-5,17,19H,6-11H2. The molecule has 1 aliphatic rings. The van der Waals surface area contributed by atoms with Gasteiger partial charge in [0, 0.05) is 50.9 Å². The molecule has 0 spiro atoms. The molecule has 6 nitrogen and oxygen atoms in total. The van der Waals surface area contributed by atoms with Gasteiger partial charge in [0.15, 0.2) is 0 Å². The molecule has 0 bridgehead atoms. The van der Waals surface area contributed by atoms with E-state index in [4.69, 9.17) is 11.6 Å². The molecule has 0 aliphatic carbocycles. The molecule has 0 unspecified atom stereocenters. The van der Waals surface area contributed by atoms with Gasteiger partial charge < -0.3 is 5.32 Å². The van der Waals surface area contributed by atoms with Gasteiger partial charge in [0.2, 0.25) is 10.0 Å². The zero-order chi connectivity index (χ0) is 16.3. The topological polar surface area (TPSA) is 74.3 Å². The van der Waals surface area contributed by atoms with Crippen LogP contribution in [-0.4, -0.2) is 57.6 Å². The summed E-state index contributed by atoms with van der Waals surface area (Å²) in [5.74, 6) is 0. The van der Waals surface area contributed by atoms with Crippen LogP contribution in [0.15, 0.2) is 35.4 Å². The fourth-order valence-electron chi connectivity index (χ4n) is 2.70. The van der Waals surface area contributed by atoms with Crippen LogP contribution >= 0.6 is 11.6 Å². The van der Waals surface area contributed by atoms with Gasteiger partial charge in [-0.2, -0.15) is 0 Å². The van der Waals surface area contributed by atoms with E-state index in [9.17, 15) is 8.42 Å². The number of hydrogen-bond acceptors (Lipinski definition) is 5. The van der Waals surface area contributed by atoms with Gasteiger partial charge in [-0.3, -0.25) is 9.88 Å². The largest absolute Gasteiger partial charge is 0.314 e. The highest BCUT2D eigenvalue weighted by Crippen LogP contribution is 2.27. The molecule has 1 saturated heterocycles. The first kappa shape index (κ1) is 16.6. The molecular formula is C15H19ClN4O2S. The van der Waals surface area contributed by atoms with Gasteiger partial charge in [0.05, 0.1) is 15.4 Å². The molecule has 23 heavy (non-hydrogen) atoms. The fourth-order valence-corrected chi connectivity index (χ4v) is 4.13. The van der Waals surface area contributed by atoms with Gasteiger partial charge in [0.25, 0.3) is 0 Å². The molecule has 8 heteroatoms. The summed E-state index contributed by atoms with van der Waals surface area (Å²) in [6, 6.07) is 6.53. The van der Waals surface area contributed by atoms with E-state index < -0.39 is 10.0 Å². The maximum Gasteiger partial charge on any atom is 0.241 e. The Labute approximate surface area is 140 Å². The molecule has 2 heterocycles. The number of rotatable bonds is 5. The third kappa shape index (κ3) is 3.81. The van der Waals surface area contributed by atoms with Crippen LogP contribution in [0.25, 0.3) is 10.9 Å². The SMILES string of the molecule is O=S(=O)(NCCN1CCNCC1)c1ccc(Cl)c2ncccc12. The van der Waals surface area contributed by atoms with Crippen LogP contribution in [0, 0.1) is 0 Å². The van der Waals surface area contributed by atoms with Crippen LogP contribution in [-0.2, 0) is 10.0 Å². The Morgan fingerprint density at radius 1 is 1.26 bits per heavy atom. The summed E-state index contributed by atoms with van der Waals surface area (Å²) in [6.07, 6.45) is 1.60. The van der Waals surface area contributed by atoms with Crippen LogP contribution in [0.1, 0.15) is 0 Å². The molecule has 1 fully saturated rings. The predicted molar refractivity (Wildman–Crippen MR) is 91.3 cm³/mol. The fraction of sp³-hybridized carbons (Fsp3) is 0.400. The van der Waals surface area contributed by atoms with Crippen molar-refractivity contribution in [2.75, 3.05) is 39.3 Å². The lowest BCUT2D eigenvalue weighted by Gasteiger charge is -2.27. The minimum Gasteiger partial charge on any atom is -0.314 e. The minimum atomic E-state index is -3.60. The molecule has 0 radical (unpaired) electrons. The van der Waals surface area contributed by atoms with Crippen LogP contribution in [0.4, 0.5) is 0 Å². The molecule has 1 aromatic carbocycles. The number of aromatic nitrogens is 1. The van der Waals surface area contributed by atoms with Crippen LogP contribution in [0.3, 0.4) is 0 Å². The molecule has 0 amide bonds. The number of hydrogen-bond donors (Lipinski definition) is 2. The number of nitrogens with zero attached hydrogens (tertiary/aromatic N) is 2. The van der Waals surface area contributed by atoms with Crippen molar-refractivity contribution in [2.45, 2.75) is 4.90 Å². The van der Waals surface area contributed by atoms with Gasteiger partial charge in [-0.15, -0.1) is 0 Å². The smallest absolute Gasteiger partial charge is 0.241 e. The van der Waals surface area contributed by atoms with Crippen molar-refractivity contribution in [1.29, 1.82) is 0 Å². The Bertz CT molecular complexity index is 791. The molecule has 1 aromatic heterocycles. The molecular weight excluding hydrogens is 336 g/mol. The van der Waals surface area contributed by atoms with E-state index in [-0.39, 0.29) is 4.90 Å². The quantitative estimate of drug-likeness (QED) is 0.840.